The van der Waals surface area contributed by atoms with E-state index < -0.39 is 0 Å². The maximum atomic E-state index is 12.2. The molecule has 5 aromatic rings. The molecule has 2 aromatic heterocycles. The van der Waals surface area contributed by atoms with Gasteiger partial charge in [0, 0.05) is 53.3 Å². The second kappa shape index (κ2) is 13.9. The average Bonchev–Trinajstić information content (AvgIpc) is 3.57. The van der Waals surface area contributed by atoms with Crippen LogP contribution in [-0.2, 0) is 30.3 Å². The first-order valence-corrected chi connectivity index (χ1v) is 17.0. The number of rotatable bonds is 8. The molecule has 6 heteroatoms. The van der Waals surface area contributed by atoms with Crippen molar-refractivity contribution in [3.05, 3.63) is 95.9 Å². The van der Waals surface area contributed by atoms with Gasteiger partial charge in [-0.2, -0.15) is 0 Å². The van der Waals surface area contributed by atoms with Gasteiger partial charge in [-0.3, -0.25) is 14.8 Å². The van der Waals surface area contributed by atoms with Crippen LogP contribution in [0.2, 0.25) is 0 Å². The molecule has 2 heterocycles. The fourth-order valence-electron chi connectivity index (χ4n) is 6.18. The molecule has 46 heavy (non-hydrogen) atoms. The molecule has 3 aromatic carbocycles. The standard InChI is InChI=1S/C25H17N2S.C15H28O2.Ir/c1-25(2)18-11-7-10-17(24-26-14-15-8-3-5-12-19(15)27-24)21(18)23-22(25)16-9-4-6-13-20(16)28-23;1-7-14(5,8-2)12(16)11-13(17)15(6,9-3)10-4;/h3-9,11-14H,1-2H3;11,16H,7-10H2,1-6H3;/q-1;;/b;12-11-;. The maximum absolute atomic E-state index is 12.2. The second-order valence-electron chi connectivity index (χ2n) is 13.3. The van der Waals surface area contributed by atoms with Gasteiger partial charge in [0.15, 0.2) is 5.78 Å². The number of nitrogens with zero attached hydrogens (tertiary/aromatic N) is 2. The molecule has 0 bridgehead atoms. The van der Waals surface area contributed by atoms with Gasteiger partial charge in [-0.15, -0.1) is 35.1 Å². The van der Waals surface area contributed by atoms with Gasteiger partial charge in [-0.05, 0) is 59.1 Å². The van der Waals surface area contributed by atoms with Crippen LogP contribution in [0, 0.1) is 16.9 Å². The van der Waals surface area contributed by atoms with Crippen LogP contribution in [0.15, 0.2) is 78.7 Å². The Labute approximate surface area is 291 Å². The monoisotopic (exact) mass is 810 g/mol. The van der Waals surface area contributed by atoms with Crippen molar-refractivity contribution in [3.63, 3.8) is 0 Å². The number of ketones is 1. The second-order valence-corrected chi connectivity index (χ2v) is 14.3. The topological polar surface area (TPSA) is 63.1 Å². The molecule has 0 spiro atoms. The number of aliphatic hydroxyl groups is 1. The van der Waals surface area contributed by atoms with Crippen molar-refractivity contribution in [2.24, 2.45) is 10.8 Å². The first-order valence-electron chi connectivity index (χ1n) is 16.2. The molecule has 0 saturated carbocycles. The molecule has 0 amide bonds. The van der Waals surface area contributed by atoms with Crippen molar-refractivity contribution in [2.75, 3.05) is 0 Å². The summed E-state index contributed by atoms with van der Waals surface area (Å²) in [5, 5.41) is 12.5. The molecule has 1 radical (unpaired) electrons. The van der Waals surface area contributed by atoms with Crippen LogP contribution in [0.3, 0.4) is 0 Å². The summed E-state index contributed by atoms with van der Waals surface area (Å²) in [5.41, 5.74) is 5.32. The summed E-state index contributed by atoms with van der Waals surface area (Å²) < 4.78 is 1.33. The number of aliphatic hydroxyl groups excluding tert-OH is 1. The van der Waals surface area contributed by atoms with Gasteiger partial charge < -0.3 is 5.11 Å². The zero-order chi connectivity index (χ0) is 32.6. The fourth-order valence-corrected chi connectivity index (χ4v) is 7.61. The van der Waals surface area contributed by atoms with Crippen molar-refractivity contribution < 1.29 is 30.0 Å². The third-order valence-corrected chi connectivity index (χ3v) is 11.6. The zero-order valence-electron chi connectivity index (χ0n) is 28.2. The van der Waals surface area contributed by atoms with Crippen molar-refractivity contribution >= 4 is 38.1 Å². The molecule has 0 fully saturated rings. The van der Waals surface area contributed by atoms with Crippen molar-refractivity contribution in [1.29, 1.82) is 0 Å². The van der Waals surface area contributed by atoms with Gasteiger partial charge in [0.1, 0.15) is 5.76 Å². The van der Waals surface area contributed by atoms with Crippen LogP contribution in [0.25, 0.3) is 42.8 Å². The predicted molar refractivity (Wildman–Crippen MR) is 190 cm³/mol. The Kier molecular flexibility index (Phi) is 10.8. The van der Waals surface area contributed by atoms with Gasteiger partial charge in [0.05, 0.1) is 11.3 Å². The van der Waals surface area contributed by atoms with Crippen LogP contribution in [0.5, 0.6) is 0 Å². The molecule has 1 aliphatic carbocycles. The number of hydrogen-bond donors (Lipinski definition) is 1. The minimum Gasteiger partial charge on any atom is -0.512 e. The number of para-hydroxylation sites is 1. The summed E-state index contributed by atoms with van der Waals surface area (Å²) in [4.78, 5) is 23.1. The Hall–Kier alpha value is -3.18. The first-order chi connectivity index (χ1) is 21.4. The molecule has 243 valence electrons. The minimum atomic E-state index is -0.337. The summed E-state index contributed by atoms with van der Waals surface area (Å²) >= 11 is 1.87. The SMILES string of the molecule is CC1(C)c2cc[c-]c(-c3ncc4ccccc4n3)c2-c2sc3ccccc3c21.CCC(C)(CC)C(=O)/C=C(\O)C(C)(CC)CC.[Ir]. The summed E-state index contributed by atoms with van der Waals surface area (Å²) in [6.45, 7) is 16.7. The number of aromatic nitrogens is 2. The Morgan fingerprint density at radius 3 is 2.24 bits per heavy atom. The molecule has 0 aliphatic heterocycles. The van der Waals surface area contributed by atoms with E-state index in [4.69, 9.17) is 9.97 Å². The quantitative estimate of drug-likeness (QED) is 0.0963. The zero-order valence-corrected chi connectivity index (χ0v) is 31.5. The molecular weight excluding hydrogens is 765 g/mol. The van der Waals surface area contributed by atoms with Gasteiger partial charge in [-0.1, -0.05) is 103 Å². The Bertz CT molecular complexity index is 1900. The first kappa shape index (κ1) is 35.7. The van der Waals surface area contributed by atoms with Crippen LogP contribution >= 0.6 is 11.3 Å². The fraction of sp³-hybridized carbons (Fsp3) is 0.375. The van der Waals surface area contributed by atoms with E-state index in [0.29, 0.717) is 0 Å². The molecular formula is C40H45IrN2O2S-. The summed E-state index contributed by atoms with van der Waals surface area (Å²) in [7, 11) is 0. The molecule has 1 N–H and O–H groups in total. The van der Waals surface area contributed by atoms with E-state index in [9.17, 15) is 9.90 Å². The van der Waals surface area contributed by atoms with Crippen molar-refractivity contribution in [1.82, 2.24) is 9.97 Å². The molecule has 6 rings (SSSR count). The van der Waals surface area contributed by atoms with E-state index in [1.807, 2.05) is 89.4 Å². The van der Waals surface area contributed by atoms with E-state index in [1.54, 1.807) is 0 Å². The van der Waals surface area contributed by atoms with Crippen molar-refractivity contribution in [2.45, 2.75) is 86.5 Å². The van der Waals surface area contributed by atoms with E-state index in [-0.39, 0.29) is 47.9 Å². The molecule has 0 atom stereocenters. The molecule has 1 aliphatic rings. The van der Waals surface area contributed by atoms with Gasteiger partial charge >= 0.3 is 0 Å². The maximum Gasteiger partial charge on any atom is 0.164 e. The van der Waals surface area contributed by atoms with E-state index in [2.05, 4.69) is 50.2 Å². The number of allylic oxidation sites excluding steroid dienone is 2. The number of fused-ring (bicyclic) bond motifs is 6. The third kappa shape index (κ3) is 6.24. The van der Waals surface area contributed by atoms with Crippen LogP contribution in [0.4, 0.5) is 0 Å². The van der Waals surface area contributed by atoms with Crippen molar-refractivity contribution in [3.8, 4) is 21.8 Å². The Morgan fingerprint density at radius 2 is 1.57 bits per heavy atom. The Balaban J connectivity index is 0.000000234. The number of hydrogen-bond acceptors (Lipinski definition) is 5. The minimum absolute atomic E-state index is 0. The van der Waals surface area contributed by atoms with E-state index >= 15 is 0 Å². The number of thiophene rings is 1. The van der Waals surface area contributed by atoms with Gasteiger partial charge in [0.25, 0.3) is 0 Å². The predicted octanol–water partition coefficient (Wildman–Crippen LogP) is 11.3. The van der Waals surface area contributed by atoms with Crippen LogP contribution in [-0.4, -0.2) is 20.9 Å². The van der Waals surface area contributed by atoms with Crippen LogP contribution in [0.1, 0.15) is 92.2 Å². The largest absolute Gasteiger partial charge is 0.512 e. The molecule has 4 nitrogen and oxygen atoms in total. The summed E-state index contributed by atoms with van der Waals surface area (Å²) in [6, 6.07) is 24.5. The van der Waals surface area contributed by atoms with Crippen LogP contribution < -0.4 is 0 Å². The smallest absolute Gasteiger partial charge is 0.164 e. The normalized spacial score (nSPS) is 13.9. The van der Waals surface area contributed by atoms with Gasteiger partial charge in [0.2, 0.25) is 0 Å². The molecule has 0 saturated heterocycles. The Morgan fingerprint density at radius 1 is 0.935 bits per heavy atom. The summed E-state index contributed by atoms with van der Waals surface area (Å²) in [5.74, 6) is 1.03. The average molecular weight is 810 g/mol. The number of carbonyl (C=O) groups excluding carboxylic acids is 1. The number of benzene rings is 3. The third-order valence-electron chi connectivity index (χ3n) is 10.4. The van der Waals surface area contributed by atoms with E-state index in [0.717, 1.165) is 48.0 Å². The van der Waals surface area contributed by atoms with E-state index in [1.165, 1.54) is 37.7 Å². The molecule has 0 unspecified atom stereocenters. The summed E-state index contributed by atoms with van der Waals surface area (Å²) in [6.07, 6.45) is 6.67. The number of carbonyl (C=O) groups is 1. The van der Waals surface area contributed by atoms with Gasteiger partial charge in [-0.25, -0.2) is 0 Å².